The van der Waals surface area contributed by atoms with Crippen LogP contribution in [0.4, 0.5) is 5.69 Å². The van der Waals surface area contributed by atoms with Crippen molar-refractivity contribution in [3.8, 4) is 0 Å². The Morgan fingerprint density at radius 2 is 1.70 bits per heavy atom. The third kappa shape index (κ3) is 1.33. The van der Waals surface area contributed by atoms with E-state index in [0.29, 0.717) is 0 Å². The van der Waals surface area contributed by atoms with Gasteiger partial charge in [0.1, 0.15) is 0 Å². The molecule has 0 aliphatic heterocycles. The van der Waals surface area contributed by atoms with E-state index in [0.717, 1.165) is 5.69 Å². The molecule has 10 heavy (non-hydrogen) atoms. The summed E-state index contributed by atoms with van der Waals surface area (Å²) >= 11 is 3.92. The molecule has 55 valence electrons. The summed E-state index contributed by atoms with van der Waals surface area (Å²) in [5.74, 6) is 0. The summed E-state index contributed by atoms with van der Waals surface area (Å²) in [6.07, 6.45) is 0. The Morgan fingerprint density at radius 1 is 1.20 bits per heavy atom. The summed E-state index contributed by atoms with van der Waals surface area (Å²) in [5.41, 5.74) is 3.34. The third-order valence-corrected chi connectivity index (χ3v) is 1.75. The van der Waals surface area contributed by atoms with Crippen LogP contribution >= 0.6 is 0 Å². The predicted octanol–water partition coefficient (Wildman–Crippen LogP) is 2.67. The molecule has 0 heterocycles. The fraction of sp³-hybridized carbons (Fsp3) is 0.250. The second kappa shape index (κ2) is 3.08. The first-order chi connectivity index (χ1) is 4.75. The van der Waals surface area contributed by atoms with Crippen LogP contribution in [0.1, 0.15) is 11.1 Å². The van der Waals surface area contributed by atoms with Crippen LogP contribution in [0.15, 0.2) is 22.2 Å². The molecule has 0 aliphatic rings. The predicted molar refractivity (Wildman–Crippen MR) is 38.0 cm³/mol. The molecule has 0 unspecified atom stereocenters. The number of hydrogen-bond donors (Lipinski definition) is 0. The first-order valence-electron chi connectivity index (χ1n) is 3.12. The van der Waals surface area contributed by atoms with Crippen LogP contribution < -0.4 is 0 Å². The molecule has 1 aromatic rings. The molecule has 0 aliphatic carbocycles. The van der Waals surface area contributed by atoms with Gasteiger partial charge in [-0.3, -0.25) is 0 Å². The monoisotopic (exact) mass is 178 g/mol. The number of rotatable bonds is 1. The summed E-state index contributed by atoms with van der Waals surface area (Å²) in [4.78, 5) is 0. The van der Waals surface area contributed by atoms with E-state index >= 15 is 0 Å². The molecule has 0 fully saturated rings. The minimum absolute atomic E-state index is 0.988. The number of hydrogen-bond acceptors (Lipinski definition) is 1. The van der Waals surface area contributed by atoms with Gasteiger partial charge in [-0.05, 0) is 0 Å². The zero-order chi connectivity index (χ0) is 7.56. The molecule has 0 bridgehead atoms. The molecule has 0 N–H and O–H groups in total. The molecular weight excluding hydrogens is 169 g/mol. The van der Waals surface area contributed by atoms with E-state index in [4.69, 9.17) is 0 Å². The first kappa shape index (κ1) is 7.63. The van der Waals surface area contributed by atoms with Gasteiger partial charge in [-0.15, -0.1) is 0 Å². The molecule has 0 aromatic heterocycles. The van der Waals surface area contributed by atoms with Crippen molar-refractivity contribution < 1.29 is 15.5 Å². The van der Waals surface area contributed by atoms with E-state index in [1.807, 2.05) is 32.0 Å². The van der Waals surface area contributed by atoms with Gasteiger partial charge in [0.05, 0.1) is 0 Å². The Kier molecular flexibility index (Phi) is 2.35. The van der Waals surface area contributed by atoms with Crippen molar-refractivity contribution in [1.29, 1.82) is 0 Å². The zero-order valence-electron chi connectivity index (χ0n) is 6.01. The molecule has 0 radical (unpaired) electrons. The fourth-order valence-corrected chi connectivity index (χ4v) is 1.29. The summed E-state index contributed by atoms with van der Waals surface area (Å²) in [6, 6.07) is 6.08. The van der Waals surface area contributed by atoms with Gasteiger partial charge in [0.2, 0.25) is 0 Å². The van der Waals surface area contributed by atoms with Crippen molar-refractivity contribution in [3.05, 3.63) is 29.3 Å². The Morgan fingerprint density at radius 3 is 2.00 bits per heavy atom. The molecule has 1 aromatic carbocycles. The molecule has 1 nitrogen and oxygen atoms in total. The number of nitrogens with zero attached hydrogens (tertiary/aromatic N) is 1. The van der Waals surface area contributed by atoms with Crippen molar-refractivity contribution in [3.63, 3.8) is 0 Å². The SMILES string of the molecule is Cc1cccc(C)c1[N]=[Co]. The van der Waals surface area contributed by atoms with E-state index in [1.165, 1.54) is 11.1 Å². The van der Waals surface area contributed by atoms with E-state index in [1.54, 1.807) is 0 Å². The molecule has 1 rings (SSSR count). The summed E-state index contributed by atoms with van der Waals surface area (Å²) < 4.78 is 3.86. The fourth-order valence-electron chi connectivity index (χ4n) is 0.923. The van der Waals surface area contributed by atoms with E-state index in [-0.39, 0.29) is 0 Å². The van der Waals surface area contributed by atoms with Crippen LogP contribution in [0.2, 0.25) is 0 Å². The standard InChI is InChI=1S/C8H9N.Co/c1-6-4-3-5-7(2)8(6)9;/h3-5H,1-2H3;. The molecular formula is C8H9CoN. The summed E-state index contributed by atoms with van der Waals surface area (Å²) in [7, 11) is 0. The Hall–Kier alpha value is -0.474. The van der Waals surface area contributed by atoms with Gasteiger partial charge >= 0.3 is 68.4 Å². The third-order valence-electron chi connectivity index (χ3n) is 1.51. The second-order valence-corrected chi connectivity index (χ2v) is 2.55. The Labute approximate surface area is 68.8 Å². The number of benzene rings is 1. The topological polar surface area (TPSA) is 12.4 Å². The van der Waals surface area contributed by atoms with Crippen molar-refractivity contribution in [2.45, 2.75) is 13.8 Å². The van der Waals surface area contributed by atoms with Crippen molar-refractivity contribution >= 4 is 5.69 Å². The summed E-state index contributed by atoms with van der Waals surface area (Å²) in [5, 5.41) is 0. The van der Waals surface area contributed by atoms with Gasteiger partial charge in [0.25, 0.3) is 0 Å². The van der Waals surface area contributed by atoms with Crippen molar-refractivity contribution in [2.75, 3.05) is 0 Å². The molecule has 0 atom stereocenters. The summed E-state index contributed by atoms with van der Waals surface area (Å²) in [6.45, 7) is 4.06. The van der Waals surface area contributed by atoms with E-state index in [2.05, 4.69) is 19.5 Å². The van der Waals surface area contributed by atoms with Crippen LogP contribution in [-0.4, -0.2) is 0 Å². The maximum absolute atomic E-state index is 3.92. The van der Waals surface area contributed by atoms with E-state index in [9.17, 15) is 0 Å². The molecule has 0 amide bonds. The minimum atomic E-state index is 0.988. The van der Waals surface area contributed by atoms with Crippen LogP contribution in [0.5, 0.6) is 0 Å². The van der Waals surface area contributed by atoms with Gasteiger partial charge in [0, 0.05) is 0 Å². The number of aryl methyl sites for hydroxylation is 2. The second-order valence-electron chi connectivity index (χ2n) is 2.31. The van der Waals surface area contributed by atoms with Gasteiger partial charge in [0.15, 0.2) is 0 Å². The Bertz CT molecular complexity index is 235. The van der Waals surface area contributed by atoms with Gasteiger partial charge in [-0.25, -0.2) is 0 Å². The van der Waals surface area contributed by atoms with Crippen LogP contribution in [0.25, 0.3) is 0 Å². The van der Waals surface area contributed by atoms with Crippen molar-refractivity contribution in [1.82, 2.24) is 0 Å². The molecule has 0 saturated carbocycles. The average Bonchev–Trinajstić information content (AvgIpc) is 1.88. The first-order valence-corrected chi connectivity index (χ1v) is 3.58. The van der Waals surface area contributed by atoms with Gasteiger partial charge in [-0.2, -0.15) is 0 Å². The van der Waals surface area contributed by atoms with Gasteiger partial charge in [-0.1, -0.05) is 0 Å². The normalized spacial score (nSPS) is 9.50. The average molecular weight is 178 g/mol. The quantitative estimate of drug-likeness (QED) is 0.626. The van der Waals surface area contributed by atoms with E-state index < -0.39 is 0 Å². The van der Waals surface area contributed by atoms with Crippen LogP contribution in [-0.2, 0) is 15.5 Å². The van der Waals surface area contributed by atoms with Crippen LogP contribution in [0.3, 0.4) is 0 Å². The van der Waals surface area contributed by atoms with Crippen molar-refractivity contribution in [2.24, 2.45) is 4.00 Å². The maximum atomic E-state index is 3.92. The van der Waals surface area contributed by atoms with Gasteiger partial charge < -0.3 is 0 Å². The molecule has 2 heteroatoms. The molecule has 0 saturated heterocycles. The van der Waals surface area contributed by atoms with Crippen LogP contribution in [0, 0.1) is 13.8 Å². The Balaban J connectivity index is 3.30. The zero-order valence-corrected chi connectivity index (χ0v) is 7.05. The molecule has 0 spiro atoms.